The molecule has 0 radical (unpaired) electrons. The summed E-state index contributed by atoms with van der Waals surface area (Å²) < 4.78 is 11.2. The first-order chi connectivity index (χ1) is 8.03. The molecule has 5 heteroatoms. The molecule has 1 aromatic carbocycles. The maximum absolute atomic E-state index is 11.0. The first-order valence-corrected chi connectivity index (χ1v) is 5.40. The Morgan fingerprint density at radius 1 is 1.53 bits per heavy atom. The molecule has 1 spiro atoms. The van der Waals surface area contributed by atoms with Crippen molar-refractivity contribution in [3.8, 4) is 11.5 Å². The third kappa shape index (κ3) is 1.39. The first-order valence-electron chi connectivity index (χ1n) is 5.40. The Morgan fingerprint density at radius 3 is 2.82 bits per heavy atom. The van der Waals surface area contributed by atoms with Crippen LogP contribution >= 0.6 is 0 Å². The van der Waals surface area contributed by atoms with Gasteiger partial charge >= 0.3 is 5.97 Å². The van der Waals surface area contributed by atoms with E-state index in [0.29, 0.717) is 30.1 Å². The standard InChI is InChI=1S/C12H12O5/c1-6-7(11(14)15)2-3-8-10(6)17-12(5-16-8)4-9(12)13/h2-3,9,13H,4-5H2,1H3,(H,14,15)/t9-,12?/m0/s1. The second-order valence-corrected chi connectivity index (χ2v) is 4.55. The maximum atomic E-state index is 11.0. The van der Waals surface area contributed by atoms with Crippen LogP contribution in [0.2, 0.25) is 0 Å². The van der Waals surface area contributed by atoms with Crippen LogP contribution in [0.15, 0.2) is 12.1 Å². The Kier molecular flexibility index (Phi) is 1.92. The molecule has 17 heavy (non-hydrogen) atoms. The van der Waals surface area contributed by atoms with Crippen molar-refractivity contribution in [3.05, 3.63) is 23.3 Å². The Hall–Kier alpha value is -1.75. The van der Waals surface area contributed by atoms with Crippen LogP contribution in [0.25, 0.3) is 0 Å². The number of benzene rings is 1. The van der Waals surface area contributed by atoms with E-state index in [1.807, 2.05) is 0 Å². The average molecular weight is 236 g/mol. The fourth-order valence-electron chi connectivity index (χ4n) is 2.10. The molecule has 1 aliphatic carbocycles. The van der Waals surface area contributed by atoms with E-state index in [-0.39, 0.29) is 5.56 Å². The molecule has 1 fully saturated rings. The Balaban J connectivity index is 2.05. The van der Waals surface area contributed by atoms with Crippen LogP contribution in [0.1, 0.15) is 22.3 Å². The van der Waals surface area contributed by atoms with Gasteiger partial charge in [0.25, 0.3) is 0 Å². The Bertz CT molecular complexity index is 510. The fraction of sp³-hybridized carbons (Fsp3) is 0.417. The van der Waals surface area contributed by atoms with Gasteiger partial charge in [0.05, 0.1) is 5.56 Å². The molecule has 0 saturated heterocycles. The predicted octanol–water partition coefficient (Wildman–Crippen LogP) is 0.968. The number of carboxylic acids is 1. The summed E-state index contributed by atoms with van der Waals surface area (Å²) in [7, 11) is 0. The van der Waals surface area contributed by atoms with Gasteiger partial charge in [-0.05, 0) is 19.1 Å². The van der Waals surface area contributed by atoms with Gasteiger partial charge in [0, 0.05) is 12.0 Å². The topological polar surface area (TPSA) is 76.0 Å². The Labute approximate surface area is 97.6 Å². The summed E-state index contributed by atoms with van der Waals surface area (Å²) in [5.74, 6) is -0.0187. The lowest BCUT2D eigenvalue weighted by Crippen LogP contribution is -2.35. The van der Waals surface area contributed by atoms with Crippen molar-refractivity contribution in [2.45, 2.75) is 25.0 Å². The lowest BCUT2D eigenvalue weighted by molar-refractivity contribution is 0.0336. The summed E-state index contributed by atoms with van der Waals surface area (Å²) in [4.78, 5) is 11.0. The predicted molar refractivity (Wildman–Crippen MR) is 57.6 cm³/mol. The van der Waals surface area contributed by atoms with Crippen LogP contribution < -0.4 is 9.47 Å². The van der Waals surface area contributed by atoms with Crippen LogP contribution in [0, 0.1) is 6.92 Å². The van der Waals surface area contributed by atoms with Crippen LogP contribution in [0.4, 0.5) is 0 Å². The lowest BCUT2D eigenvalue weighted by Gasteiger charge is -2.28. The number of ether oxygens (including phenoxy) is 2. The van der Waals surface area contributed by atoms with E-state index in [0.717, 1.165) is 0 Å². The highest BCUT2D eigenvalue weighted by Crippen LogP contribution is 2.48. The van der Waals surface area contributed by atoms with Gasteiger partial charge in [0.2, 0.25) is 0 Å². The van der Waals surface area contributed by atoms with Crippen LogP contribution in [-0.4, -0.2) is 34.5 Å². The molecule has 2 N–H and O–H groups in total. The molecular weight excluding hydrogens is 224 g/mol. The van der Waals surface area contributed by atoms with Crippen molar-refractivity contribution in [1.29, 1.82) is 0 Å². The minimum absolute atomic E-state index is 0.194. The van der Waals surface area contributed by atoms with E-state index in [1.165, 1.54) is 6.07 Å². The van der Waals surface area contributed by atoms with Gasteiger partial charge in [-0.2, -0.15) is 0 Å². The summed E-state index contributed by atoms with van der Waals surface area (Å²) in [6.45, 7) is 1.99. The van der Waals surface area contributed by atoms with Gasteiger partial charge in [-0.15, -0.1) is 0 Å². The molecule has 2 atom stereocenters. The van der Waals surface area contributed by atoms with E-state index in [2.05, 4.69) is 0 Å². The number of rotatable bonds is 1. The Morgan fingerprint density at radius 2 is 2.24 bits per heavy atom. The zero-order valence-electron chi connectivity index (χ0n) is 9.27. The number of aliphatic hydroxyl groups is 1. The lowest BCUT2D eigenvalue weighted by atomic mass is 10.1. The quantitative estimate of drug-likeness (QED) is 0.759. The molecular formula is C12H12O5. The average Bonchev–Trinajstić information content (AvgIpc) is 2.89. The highest BCUT2D eigenvalue weighted by Gasteiger charge is 2.59. The molecule has 0 bridgehead atoms. The molecule has 1 saturated carbocycles. The van der Waals surface area contributed by atoms with Crippen molar-refractivity contribution in [1.82, 2.24) is 0 Å². The molecule has 90 valence electrons. The van der Waals surface area contributed by atoms with Crippen LogP contribution in [0.3, 0.4) is 0 Å². The highest BCUT2D eigenvalue weighted by atomic mass is 16.6. The molecule has 1 aliphatic heterocycles. The maximum Gasteiger partial charge on any atom is 0.336 e. The van der Waals surface area contributed by atoms with Gasteiger partial charge in [0.1, 0.15) is 12.7 Å². The minimum atomic E-state index is -0.995. The summed E-state index contributed by atoms with van der Waals surface area (Å²) in [6.07, 6.45) is 0.00643. The van der Waals surface area contributed by atoms with Crippen LogP contribution in [-0.2, 0) is 0 Å². The molecule has 1 unspecified atom stereocenters. The van der Waals surface area contributed by atoms with E-state index >= 15 is 0 Å². The van der Waals surface area contributed by atoms with E-state index in [1.54, 1.807) is 13.0 Å². The molecule has 0 aromatic heterocycles. The largest absolute Gasteiger partial charge is 0.485 e. The summed E-state index contributed by atoms with van der Waals surface area (Å²) in [5.41, 5.74) is 0.0715. The fourth-order valence-corrected chi connectivity index (χ4v) is 2.10. The van der Waals surface area contributed by atoms with E-state index in [4.69, 9.17) is 14.6 Å². The van der Waals surface area contributed by atoms with E-state index in [9.17, 15) is 9.90 Å². The number of hydrogen-bond donors (Lipinski definition) is 2. The molecule has 5 nitrogen and oxygen atoms in total. The number of fused-ring (bicyclic) bond motifs is 1. The van der Waals surface area contributed by atoms with Crippen molar-refractivity contribution in [2.75, 3.05) is 6.61 Å². The smallest absolute Gasteiger partial charge is 0.336 e. The van der Waals surface area contributed by atoms with Gasteiger partial charge in [0.15, 0.2) is 17.1 Å². The first kappa shape index (κ1) is 10.4. The minimum Gasteiger partial charge on any atom is -0.485 e. The highest BCUT2D eigenvalue weighted by molar-refractivity contribution is 5.90. The molecule has 0 amide bonds. The third-order valence-electron chi connectivity index (χ3n) is 3.36. The second-order valence-electron chi connectivity index (χ2n) is 4.55. The summed E-state index contributed by atoms with van der Waals surface area (Å²) >= 11 is 0. The van der Waals surface area contributed by atoms with Crippen molar-refractivity contribution < 1.29 is 24.5 Å². The summed E-state index contributed by atoms with van der Waals surface area (Å²) in [5, 5.41) is 18.5. The summed E-state index contributed by atoms with van der Waals surface area (Å²) in [6, 6.07) is 3.09. The number of aromatic carboxylic acids is 1. The zero-order valence-corrected chi connectivity index (χ0v) is 9.27. The van der Waals surface area contributed by atoms with Gasteiger partial charge in [-0.25, -0.2) is 4.79 Å². The third-order valence-corrected chi connectivity index (χ3v) is 3.36. The van der Waals surface area contributed by atoms with Crippen molar-refractivity contribution >= 4 is 5.97 Å². The van der Waals surface area contributed by atoms with Crippen molar-refractivity contribution in [3.63, 3.8) is 0 Å². The number of hydrogen-bond acceptors (Lipinski definition) is 4. The van der Waals surface area contributed by atoms with Gasteiger partial charge in [-0.1, -0.05) is 0 Å². The zero-order chi connectivity index (χ0) is 12.2. The van der Waals surface area contributed by atoms with Gasteiger partial charge in [-0.3, -0.25) is 0 Å². The number of carboxylic acid groups (broad SMARTS) is 1. The molecule has 2 aliphatic rings. The molecule has 1 aromatic rings. The molecule has 3 rings (SSSR count). The molecule has 1 heterocycles. The monoisotopic (exact) mass is 236 g/mol. The number of carbonyl (C=O) groups is 1. The van der Waals surface area contributed by atoms with Crippen molar-refractivity contribution in [2.24, 2.45) is 0 Å². The van der Waals surface area contributed by atoms with Gasteiger partial charge < -0.3 is 19.7 Å². The van der Waals surface area contributed by atoms with Crippen LogP contribution in [0.5, 0.6) is 11.5 Å². The number of aliphatic hydroxyl groups excluding tert-OH is 1. The SMILES string of the molecule is Cc1c(C(=O)O)ccc2c1OC1(CO2)C[C@@H]1O. The normalized spacial score (nSPS) is 29.2. The second kappa shape index (κ2) is 3.13. The van der Waals surface area contributed by atoms with E-state index < -0.39 is 17.7 Å².